The number of nitrogens with one attached hydrogen (secondary N) is 1. The number of para-hydroxylation sites is 1. The van der Waals surface area contributed by atoms with Crippen LogP contribution in [0.2, 0.25) is 0 Å². The molecule has 0 bridgehead atoms. The lowest BCUT2D eigenvalue weighted by Crippen LogP contribution is -2.22. The van der Waals surface area contributed by atoms with Gasteiger partial charge in [0.25, 0.3) is 5.56 Å². The number of thiazole rings is 1. The van der Waals surface area contributed by atoms with Crippen molar-refractivity contribution < 1.29 is 4.79 Å². The van der Waals surface area contributed by atoms with E-state index in [-0.39, 0.29) is 11.5 Å². The van der Waals surface area contributed by atoms with Crippen LogP contribution in [-0.2, 0) is 10.5 Å². The van der Waals surface area contributed by atoms with Gasteiger partial charge >= 0.3 is 0 Å². The molecule has 0 unspecified atom stereocenters. The van der Waals surface area contributed by atoms with Crippen molar-refractivity contribution in [2.45, 2.75) is 24.8 Å². The molecule has 1 amide bonds. The summed E-state index contributed by atoms with van der Waals surface area (Å²) in [5.74, 6) is 0.875. The molecule has 0 saturated heterocycles. The third kappa shape index (κ3) is 4.20. The second kappa shape index (κ2) is 8.14. The first kappa shape index (κ1) is 19.3. The lowest BCUT2D eigenvalue weighted by atomic mass is 10.2. The largest absolute Gasteiger partial charge is 0.302 e. The Labute approximate surface area is 174 Å². The minimum absolute atomic E-state index is 0.158. The maximum atomic E-state index is 13.2. The first-order valence-corrected chi connectivity index (χ1v) is 10.7. The van der Waals surface area contributed by atoms with E-state index in [9.17, 15) is 9.59 Å². The zero-order chi connectivity index (χ0) is 20.4. The molecule has 1 N–H and O–H groups in total. The number of anilines is 1. The van der Waals surface area contributed by atoms with Crippen LogP contribution in [0, 0.1) is 6.92 Å². The fourth-order valence-corrected chi connectivity index (χ4v) is 4.48. The van der Waals surface area contributed by atoms with Gasteiger partial charge in [0.05, 0.1) is 16.6 Å². The first-order valence-electron chi connectivity index (χ1n) is 8.81. The molecule has 0 saturated carbocycles. The van der Waals surface area contributed by atoms with Gasteiger partial charge in [0.2, 0.25) is 5.91 Å². The molecule has 4 aromatic rings. The molecule has 0 aliphatic rings. The molecule has 146 valence electrons. The molecule has 0 aliphatic carbocycles. The van der Waals surface area contributed by atoms with E-state index >= 15 is 0 Å². The molecule has 0 spiro atoms. The number of carbonyl (C=O) groups excluding carboxylic acids is 1. The highest BCUT2D eigenvalue weighted by atomic mass is 32.2. The Morgan fingerprint density at radius 2 is 2.03 bits per heavy atom. The van der Waals surface area contributed by atoms with Crippen LogP contribution in [0.5, 0.6) is 0 Å². The fraction of sp³-hybridized carbons (Fsp3) is 0.150. The Morgan fingerprint density at radius 3 is 2.79 bits per heavy atom. The Balaban J connectivity index is 1.73. The molecular weight excluding hydrogens is 406 g/mol. The summed E-state index contributed by atoms with van der Waals surface area (Å²) < 4.78 is 1.54. The molecule has 7 nitrogen and oxygen atoms in total. The summed E-state index contributed by atoms with van der Waals surface area (Å²) in [6.07, 6.45) is 1.73. The number of carbonyl (C=O) groups is 1. The predicted octanol–water partition coefficient (Wildman–Crippen LogP) is 3.80. The summed E-state index contributed by atoms with van der Waals surface area (Å²) in [5, 5.41) is 6.19. The van der Waals surface area contributed by atoms with Gasteiger partial charge in [-0.1, -0.05) is 30.0 Å². The van der Waals surface area contributed by atoms with Gasteiger partial charge in [-0.05, 0) is 30.7 Å². The van der Waals surface area contributed by atoms with Crippen LogP contribution in [0.25, 0.3) is 16.7 Å². The Morgan fingerprint density at radius 1 is 1.21 bits per heavy atom. The number of amides is 1. The van der Waals surface area contributed by atoms with Gasteiger partial charge in [-0.3, -0.25) is 9.59 Å². The first-order chi connectivity index (χ1) is 14.0. The van der Waals surface area contributed by atoms with Crippen LogP contribution in [0.4, 0.5) is 5.13 Å². The SMILES string of the molecule is CC(=O)Nc1nc(CSc2nc3ccccc3c(=O)n2-c2ccc(C)cn2)cs1. The van der Waals surface area contributed by atoms with E-state index in [2.05, 4.69) is 15.3 Å². The van der Waals surface area contributed by atoms with Gasteiger partial charge in [0.15, 0.2) is 10.3 Å². The number of rotatable bonds is 5. The molecule has 3 aromatic heterocycles. The van der Waals surface area contributed by atoms with Crippen molar-refractivity contribution in [2.24, 2.45) is 0 Å². The molecule has 0 aliphatic heterocycles. The summed E-state index contributed by atoms with van der Waals surface area (Å²) in [6, 6.07) is 11.0. The van der Waals surface area contributed by atoms with Gasteiger partial charge < -0.3 is 5.32 Å². The minimum atomic E-state index is -0.160. The normalized spacial score (nSPS) is 11.0. The standard InChI is InChI=1S/C20H17N5O2S2/c1-12-7-8-17(21-9-12)25-18(27)15-5-3-4-6-16(15)24-20(25)29-11-14-10-28-19(23-14)22-13(2)26/h3-10H,11H2,1-2H3,(H,22,23,26). The summed E-state index contributed by atoms with van der Waals surface area (Å²) in [4.78, 5) is 37.9. The highest BCUT2D eigenvalue weighted by Gasteiger charge is 2.15. The van der Waals surface area contributed by atoms with Crippen LogP contribution in [0.1, 0.15) is 18.2 Å². The molecule has 0 radical (unpaired) electrons. The second-order valence-corrected chi connectivity index (χ2v) is 8.16. The predicted molar refractivity (Wildman–Crippen MR) is 116 cm³/mol. The lowest BCUT2D eigenvalue weighted by molar-refractivity contribution is -0.114. The van der Waals surface area contributed by atoms with E-state index in [0.717, 1.165) is 11.3 Å². The molecular formula is C20H17N5O2S2. The topological polar surface area (TPSA) is 89.8 Å². The van der Waals surface area contributed by atoms with Gasteiger partial charge in [0, 0.05) is 24.3 Å². The highest BCUT2D eigenvalue weighted by Crippen LogP contribution is 2.26. The smallest absolute Gasteiger partial charge is 0.267 e. The lowest BCUT2D eigenvalue weighted by Gasteiger charge is -2.12. The van der Waals surface area contributed by atoms with Gasteiger partial charge in [0.1, 0.15) is 5.82 Å². The average Bonchev–Trinajstić information content (AvgIpc) is 3.14. The van der Waals surface area contributed by atoms with E-state index < -0.39 is 0 Å². The molecule has 0 fully saturated rings. The van der Waals surface area contributed by atoms with Crippen LogP contribution in [0.3, 0.4) is 0 Å². The van der Waals surface area contributed by atoms with E-state index in [1.807, 2.05) is 42.6 Å². The number of pyridine rings is 1. The van der Waals surface area contributed by atoms with Crippen LogP contribution in [0.15, 0.2) is 57.9 Å². The Hall–Kier alpha value is -3.04. The van der Waals surface area contributed by atoms with Crippen LogP contribution < -0.4 is 10.9 Å². The molecule has 29 heavy (non-hydrogen) atoms. The van der Waals surface area contributed by atoms with Crippen molar-refractivity contribution in [3.05, 3.63) is 69.6 Å². The van der Waals surface area contributed by atoms with Gasteiger partial charge in [-0.25, -0.2) is 19.5 Å². The van der Waals surface area contributed by atoms with Crippen LogP contribution >= 0.6 is 23.1 Å². The number of fused-ring (bicyclic) bond motifs is 1. The molecule has 0 atom stereocenters. The molecule has 1 aromatic carbocycles. The van der Waals surface area contributed by atoms with Crippen molar-refractivity contribution >= 4 is 45.0 Å². The number of nitrogens with zero attached hydrogens (tertiary/aromatic N) is 4. The summed E-state index contributed by atoms with van der Waals surface area (Å²) in [6.45, 7) is 3.39. The molecule has 3 heterocycles. The van der Waals surface area contributed by atoms with E-state index in [1.165, 1.54) is 34.6 Å². The van der Waals surface area contributed by atoms with Crippen molar-refractivity contribution in [1.29, 1.82) is 0 Å². The number of hydrogen-bond acceptors (Lipinski definition) is 7. The van der Waals surface area contributed by atoms with E-state index in [0.29, 0.717) is 32.8 Å². The van der Waals surface area contributed by atoms with Crippen LogP contribution in [-0.4, -0.2) is 25.4 Å². The number of benzene rings is 1. The monoisotopic (exact) mass is 423 g/mol. The Kier molecular flexibility index (Phi) is 5.41. The average molecular weight is 424 g/mol. The maximum absolute atomic E-state index is 13.2. The van der Waals surface area contributed by atoms with E-state index in [1.54, 1.807) is 12.3 Å². The second-order valence-electron chi connectivity index (χ2n) is 6.36. The third-order valence-corrected chi connectivity index (χ3v) is 5.83. The van der Waals surface area contributed by atoms with Gasteiger partial charge in [-0.2, -0.15) is 0 Å². The summed E-state index contributed by atoms with van der Waals surface area (Å²) in [7, 11) is 0. The van der Waals surface area contributed by atoms with Crippen molar-refractivity contribution in [1.82, 2.24) is 19.5 Å². The fourth-order valence-electron chi connectivity index (χ4n) is 2.72. The van der Waals surface area contributed by atoms with Crippen molar-refractivity contribution in [2.75, 3.05) is 5.32 Å². The molecule has 4 rings (SSSR count). The zero-order valence-electron chi connectivity index (χ0n) is 15.7. The van der Waals surface area contributed by atoms with Crippen molar-refractivity contribution in [3.63, 3.8) is 0 Å². The number of thioether (sulfide) groups is 1. The third-order valence-electron chi connectivity index (χ3n) is 4.05. The highest BCUT2D eigenvalue weighted by molar-refractivity contribution is 7.98. The minimum Gasteiger partial charge on any atom is -0.302 e. The number of aryl methyl sites for hydroxylation is 1. The van der Waals surface area contributed by atoms with Gasteiger partial charge in [-0.15, -0.1) is 11.3 Å². The summed E-state index contributed by atoms with van der Waals surface area (Å²) in [5.41, 5.74) is 2.29. The molecule has 9 heteroatoms. The number of hydrogen-bond donors (Lipinski definition) is 1. The number of aromatic nitrogens is 4. The quantitative estimate of drug-likeness (QED) is 0.388. The summed E-state index contributed by atoms with van der Waals surface area (Å²) >= 11 is 2.77. The van der Waals surface area contributed by atoms with Crippen molar-refractivity contribution in [3.8, 4) is 5.82 Å². The zero-order valence-corrected chi connectivity index (χ0v) is 17.4. The van der Waals surface area contributed by atoms with E-state index in [4.69, 9.17) is 4.98 Å². The Bertz CT molecular complexity index is 1250. The maximum Gasteiger partial charge on any atom is 0.267 e.